The van der Waals surface area contributed by atoms with E-state index in [4.69, 9.17) is 0 Å². The molecule has 0 aliphatic heterocycles. The lowest BCUT2D eigenvalue weighted by atomic mass is 9.49. The summed E-state index contributed by atoms with van der Waals surface area (Å²) in [6.45, 7) is 3.92. The van der Waals surface area contributed by atoms with Crippen LogP contribution in [0, 0.1) is 37.0 Å². The van der Waals surface area contributed by atoms with Crippen molar-refractivity contribution in [3.05, 3.63) is 34.9 Å². The number of carbonyl (C=O) groups excluding carboxylic acids is 2. The van der Waals surface area contributed by atoms with Gasteiger partial charge in [-0.05, 0) is 92.7 Å². The van der Waals surface area contributed by atoms with Crippen LogP contribution in [0.15, 0.2) is 18.2 Å². The van der Waals surface area contributed by atoms with Crippen molar-refractivity contribution in [3.63, 3.8) is 0 Å². The third-order valence-corrected chi connectivity index (χ3v) is 6.87. The summed E-state index contributed by atoms with van der Waals surface area (Å²) in [5, 5.41) is 0. The van der Waals surface area contributed by atoms with Gasteiger partial charge in [0.25, 0.3) is 5.91 Å². The summed E-state index contributed by atoms with van der Waals surface area (Å²) in [6, 6.07) is 5.65. The van der Waals surface area contributed by atoms with Crippen molar-refractivity contribution in [2.45, 2.75) is 58.8 Å². The quantitative estimate of drug-likeness (QED) is 0.825. The van der Waals surface area contributed by atoms with Crippen molar-refractivity contribution < 1.29 is 9.59 Å². The number of rotatable bonds is 3. The van der Waals surface area contributed by atoms with Gasteiger partial charge in [-0.2, -0.15) is 0 Å². The Kier molecular flexibility index (Phi) is 4.09. The van der Waals surface area contributed by atoms with E-state index in [1.165, 1.54) is 38.5 Å². The van der Waals surface area contributed by atoms with Gasteiger partial charge in [0.2, 0.25) is 5.91 Å². The standard InChI is InChI=1S/C21H28N2O2/c1-13-4-3-5-18(14(13)2)20(25)23-22-19(24)12-21-9-15-6-16(10-21)8-17(7-15)11-21/h3-5,15-17H,6-12H2,1-2H3,(H,22,24)(H,23,25). The van der Waals surface area contributed by atoms with Crippen molar-refractivity contribution in [2.24, 2.45) is 23.2 Å². The lowest BCUT2D eigenvalue weighted by molar-refractivity contribution is -0.130. The van der Waals surface area contributed by atoms with Gasteiger partial charge in [-0.1, -0.05) is 12.1 Å². The zero-order chi connectivity index (χ0) is 17.6. The van der Waals surface area contributed by atoms with Crippen LogP contribution >= 0.6 is 0 Å². The van der Waals surface area contributed by atoms with Gasteiger partial charge in [0, 0.05) is 12.0 Å². The number of aryl methyl sites for hydroxylation is 1. The molecule has 0 aromatic heterocycles. The van der Waals surface area contributed by atoms with Gasteiger partial charge >= 0.3 is 0 Å². The van der Waals surface area contributed by atoms with Crippen LogP contribution in [0.25, 0.3) is 0 Å². The smallest absolute Gasteiger partial charge is 0.269 e. The van der Waals surface area contributed by atoms with Crippen molar-refractivity contribution in [3.8, 4) is 0 Å². The van der Waals surface area contributed by atoms with Gasteiger partial charge in [0.05, 0.1) is 0 Å². The average Bonchev–Trinajstić information content (AvgIpc) is 2.53. The minimum Gasteiger partial charge on any atom is -0.273 e. The van der Waals surface area contributed by atoms with E-state index in [9.17, 15) is 9.59 Å². The lowest BCUT2D eigenvalue weighted by Crippen LogP contribution is -2.50. The first-order valence-electron chi connectivity index (χ1n) is 9.59. The highest BCUT2D eigenvalue weighted by atomic mass is 16.2. The van der Waals surface area contributed by atoms with Crippen LogP contribution in [0.5, 0.6) is 0 Å². The number of hydrogen-bond donors (Lipinski definition) is 2. The van der Waals surface area contributed by atoms with Crippen LogP contribution in [0.3, 0.4) is 0 Å². The maximum atomic E-state index is 12.5. The van der Waals surface area contributed by atoms with Crippen LogP contribution in [-0.4, -0.2) is 11.8 Å². The summed E-state index contributed by atoms with van der Waals surface area (Å²) in [5.41, 5.74) is 8.12. The van der Waals surface area contributed by atoms with E-state index in [1.54, 1.807) is 6.07 Å². The fraction of sp³-hybridized carbons (Fsp3) is 0.619. The molecule has 0 atom stereocenters. The minimum absolute atomic E-state index is 0.0411. The highest BCUT2D eigenvalue weighted by molar-refractivity contribution is 5.96. The number of benzene rings is 1. The molecular formula is C21H28N2O2. The van der Waals surface area contributed by atoms with Gasteiger partial charge in [0.15, 0.2) is 0 Å². The molecule has 0 unspecified atom stereocenters. The molecule has 1 aromatic carbocycles. The van der Waals surface area contributed by atoms with E-state index < -0.39 is 0 Å². The van der Waals surface area contributed by atoms with Crippen molar-refractivity contribution in [2.75, 3.05) is 0 Å². The third kappa shape index (κ3) is 3.19. The summed E-state index contributed by atoms with van der Waals surface area (Å²) in [5.74, 6) is 2.23. The zero-order valence-corrected chi connectivity index (χ0v) is 15.2. The van der Waals surface area contributed by atoms with Crippen LogP contribution in [0.2, 0.25) is 0 Å². The SMILES string of the molecule is Cc1cccc(C(=O)NNC(=O)CC23CC4CC(CC(C4)C2)C3)c1C. The minimum atomic E-state index is -0.236. The van der Waals surface area contributed by atoms with Crippen LogP contribution in [-0.2, 0) is 4.79 Å². The van der Waals surface area contributed by atoms with E-state index in [1.807, 2.05) is 26.0 Å². The number of carbonyl (C=O) groups is 2. The summed E-state index contributed by atoms with van der Waals surface area (Å²) >= 11 is 0. The summed E-state index contributed by atoms with van der Waals surface area (Å²) in [6.07, 6.45) is 8.31. The molecule has 4 aliphatic rings. The van der Waals surface area contributed by atoms with Gasteiger partial charge in [-0.25, -0.2) is 0 Å². The Bertz CT molecular complexity index is 675. The molecule has 2 N–H and O–H groups in total. The molecule has 134 valence electrons. The Morgan fingerprint density at radius 1 is 1.00 bits per heavy atom. The molecule has 4 fully saturated rings. The van der Waals surface area contributed by atoms with Crippen molar-refractivity contribution in [1.82, 2.24) is 10.9 Å². The van der Waals surface area contributed by atoms with Crippen molar-refractivity contribution in [1.29, 1.82) is 0 Å². The molecule has 4 saturated carbocycles. The Morgan fingerprint density at radius 3 is 2.20 bits per heavy atom. The maximum Gasteiger partial charge on any atom is 0.269 e. The molecule has 0 radical (unpaired) electrons. The number of nitrogens with one attached hydrogen (secondary N) is 2. The second kappa shape index (κ2) is 6.15. The topological polar surface area (TPSA) is 58.2 Å². The molecule has 4 heteroatoms. The first kappa shape index (κ1) is 16.6. The predicted octanol–water partition coefficient (Wildman–Crippen LogP) is 3.67. The Hall–Kier alpha value is -1.84. The van der Waals surface area contributed by atoms with Gasteiger partial charge < -0.3 is 0 Å². The fourth-order valence-electron chi connectivity index (χ4n) is 6.08. The Morgan fingerprint density at radius 2 is 1.60 bits per heavy atom. The predicted molar refractivity (Wildman–Crippen MR) is 96.7 cm³/mol. The molecule has 2 amide bonds. The lowest BCUT2D eigenvalue weighted by Gasteiger charge is -2.56. The monoisotopic (exact) mass is 340 g/mol. The molecule has 0 saturated heterocycles. The molecule has 0 spiro atoms. The zero-order valence-electron chi connectivity index (χ0n) is 15.2. The second-order valence-corrected chi connectivity index (χ2v) is 8.84. The molecule has 25 heavy (non-hydrogen) atoms. The Balaban J connectivity index is 1.35. The molecule has 0 heterocycles. The summed E-state index contributed by atoms with van der Waals surface area (Å²) < 4.78 is 0. The molecular weight excluding hydrogens is 312 g/mol. The van der Waals surface area contributed by atoms with Gasteiger partial charge in [-0.3, -0.25) is 20.4 Å². The number of hydrazine groups is 1. The average molecular weight is 340 g/mol. The number of hydrogen-bond acceptors (Lipinski definition) is 2. The third-order valence-electron chi connectivity index (χ3n) is 6.87. The highest BCUT2D eigenvalue weighted by Crippen LogP contribution is 2.61. The van der Waals surface area contributed by atoms with Crippen LogP contribution in [0.4, 0.5) is 0 Å². The fourth-order valence-corrected chi connectivity index (χ4v) is 6.08. The number of amides is 2. The highest BCUT2D eigenvalue weighted by Gasteiger charge is 2.51. The molecule has 4 aliphatic carbocycles. The van der Waals surface area contributed by atoms with Gasteiger partial charge in [0.1, 0.15) is 0 Å². The molecule has 5 rings (SSSR count). The van der Waals surface area contributed by atoms with Crippen molar-refractivity contribution >= 4 is 11.8 Å². The summed E-state index contributed by atoms with van der Waals surface area (Å²) in [7, 11) is 0. The largest absolute Gasteiger partial charge is 0.273 e. The van der Waals surface area contributed by atoms with E-state index in [-0.39, 0.29) is 17.2 Å². The van der Waals surface area contributed by atoms with Crippen LogP contribution < -0.4 is 10.9 Å². The first-order valence-corrected chi connectivity index (χ1v) is 9.59. The first-order chi connectivity index (χ1) is 11.9. The Labute approximate surface area is 149 Å². The normalized spacial score (nSPS) is 32.5. The van der Waals surface area contributed by atoms with E-state index >= 15 is 0 Å². The second-order valence-electron chi connectivity index (χ2n) is 8.84. The van der Waals surface area contributed by atoms with E-state index in [0.717, 1.165) is 28.9 Å². The maximum absolute atomic E-state index is 12.5. The van der Waals surface area contributed by atoms with Gasteiger partial charge in [-0.15, -0.1) is 0 Å². The molecule has 4 nitrogen and oxygen atoms in total. The summed E-state index contributed by atoms with van der Waals surface area (Å²) in [4.78, 5) is 24.8. The van der Waals surface area contributed by atoms with Crippen LogP contribution in [0.1, 0.15) is 66.4 Å². The molecule has 1 aromatic rings. The molecule has 4 bridgehead atoms. The van der Waals surface area contributed by atoms with E-state index in [0.29, 0.717) is 12.0 Å². The van der Waals surface area contributed by atoms with E-state index in [2.05, 4.69) is 10.9 Å².